The first-order chi connectivity index (χ1) is 20.2. The molecule has 2 heterocycles. The van der Waals surface area contributed by atoms with Gasteiger partial charge in [-0.2, -0.15) is 0 Å². The van der Waals surface area contributed by atoms with Crippen molar-refractivity contribution in [3.63, 3.8) is 0 Å². The zero-order valence-electron chi connectivity index (χ0n) is 24.6. The maximum atomic E-state index is 13.8. The Labute approximate surface area is 247 Å². The first-order valence-electron chi connectivity index (χ1n) is 14.4. The molecule has 10 heteroatoms. The van der Waals surface area contributed by atoms with Crippen LogP contribution in [0.5, 0.6) is 5.75 Å². The van der Waals surface area contributed by atoms with E-state index >= 15 is 0 Å². The van der Waals surface area contributed by atoms with Crippen molar-refractivity contribution in [2.24, 2.45) is 5.92 Å². The summed E-state index contributed by atoms with van der Waals surface area (Å²) in [6.45, 7) is 6.27. The molecule has 0 radical (unpaired) electrons. The molecule has 0 saturated carbocycles. The lowest BCUT2D eigenvalue weighted by Gasteiger charge is -2.27. The van der Waals surface area contributed by atoms with Crippen molar-refractivity contribution < 1.29 is 33.4 Å². The summed E-state index contributed by atoms with van der Waals surface area (Å²) in [6, 6.07) is 15.1. The molecule has 10 nitrogen and oxygen atoms in total. The van der Waals surface area contributed by atoms with Crippen LogP contribution < -0.4 is 15.4 Å². The van der Waals surface area contributed by atoms with Crippen molar-refractivity contribution in [3.8, 4) is 5.75 Å². The van der Waals surface area contributed by atoms with Crippen molar-refractivity contribution in [3.05, 3.63) is 65.7 Å². The van der Waals surface area contributed by atoms with Crippen LogP contribution in [0.1, 0.15) is 31.4 Å². The molecule has 2 aliphatic heterocycles. The van der Waals surface area contributed by atoms with Crippen molar-refractivity contribution >= 4 is 23.4 Å². The lowest BCUT2D eigenvalue weighted by atomic mass is 9.83. The van der Waals surface area contributed by atoms with Crippen molar-refractivity contribution in [2.75, 3.05) is 46.6 Å². The highest BCUT2D eigenvalue weighted by molar-refractivity contribution is 5.98. The SMILES string of the molecule is COc1ccc(C[C@H](NC(=O)[C@H](C)NC(=O)CN2CCOCC2)C(=O)C[C@@H](Cc2ccccc2)C(=O)[C@@]2(C)CO2)cc1. The second-order valence-corrected chi connectivity index (χ2v) is 11.2. The highest BCUT2D eigenvalue weighted by atomic mass is 16.6. The summed E-state index contributed by atoms with van der Waals surface area (Å²) in [5, 5.41) is 5.59. The molecule has 2 saturated heterocycles. The van der Waals surface area contributed by atoms with Gasteiger partial charge < -0.3 is 24.8 Å². The highest BCUT2D eigenvalue weighted by Gasteiger charge is 2.50. The van der Waals surface area contributed by atoms with Gasteiger partial charge in [-0.1, -0.05) is 42.5 Å². The summed E-state index contributed by atoms with van der Waals surface area (Å²) in [7, 11) is 1.57. The number of hydrogen-bond acceptors (Lipinski definition) is 8. The van der Waals surface area contributed by atoms with Crippen molar-refractivity contribution in [1.29, 1.82) is 0 Å². The largest absolute Gasteiger partial charge is 0.497 e. The first kappa shape index (κ1) is 31.3. The summed E-state index contributed by atoms with van der Waals surface area (Å²) in [5.41, 5.74) is 0.885. The van der Waals surface area contributed by atoms with Crippen LogP contribution in [0.25, 0.3) is 0 Å². The Morgan fingerprint density at radius 3 is 2.21 bits per heavy atom. The number of hydrogen-bond donors (Lipinski definition) is 2. The summed E-state index contributed by atoms with van der Waals surface area (Å²) in [4.78, 5) is 55.0. The predicted molar refractivity (Wildman–Crippen MR) is 156 cm³/mol. The van der Waals surface area contributed by atoms with E-state index in [0.717, 1.165) is 11.1 Å². The molecular formula is C32H41N3O7. The lowest BCUT2D eigenvalue weighted by molar-refractivity contribution is -0.134. The third-order valence-electron chi connectivity index (χ3n) is 7.79. The van der Waals surface area contributed by atoms with E-state index < -0.39 is 29.5 Å². The molecular weight excluding hydrogens is 538 g/mol. The van der Waals surface area contributed by atoms with E-state index in [9.17, 15) is 19.2 Å². The molecule has 0 aromatic heterocycles. The van der Waals surface area contributed by atoms with Gasteiger partial charge in [0, 0.05) is 25.4 Å². The van der Waals surface area contributed by atoms with Gasteiger partial charge in [0.15, 0.2) is 11.6 Å². The number of nitrogens with zero attached hydrogens (tertiary/aromatic N) is 1. The number of nitrogens with one attached hydrogen (secondary N) is 2. The molecule has 226 valence electrons. The predicted octanol–water partition coefficient (Wildman–Crippen LogP) is 1.74. The Kier molecular flexibility index (Phi) is 10.8. The zero-order chi connectivity index (χ0) is 30.1. The number of carbonyl (C=O) groups excluding carboxylic acids is 4. The highest BCUT2D eigenvalue weighted by Crippen LogP contribution is 2.33. The fraction of sp³-hybridized carbons (Fsp3) is 0.500. The van der Waals surface area contributed by atoms with E-state index in [2.05, 4.69) is 10.6 Å². The number of ketones is 2. The fourth-order valence-corrected chi connectivity index (χ4v) is 5.08. The van der Waals surface area contributed by atoms with Gasteiger partial charge in [0.05, 0.1) is 39.5 Å². The topological polar surface area (TPSA) is 127 Å². The first-order valence-corrected chi connectivity index (χ1v) is 14.4. The fourth-order valence-electron chi connectivity index (χ4n) is 5.08. The van der Waals surface area contributed by atoms with E-state index in [4.69, 9.17) is 14.2 Å². The molecule has 0 spiro atoms. The minimum atomic E-state index is -0.900. The van der Waals surface area contributed by atoms with Crippen LogP contribution in [-0.4, -0.2) is 92.5 Å². The number of Topliss-reactive ketones (excluding diaryl/α,β-unsaturated/α-hetero) is 2. The maximum Gasteiger partial charge on any atom is 0.242 e. The molecule has 42 heavy (non-hydrogen) atoms. The standard InChI is InChI=1S/C32H41N3O7/c1-22(33-29(37)20-35-13-15-41-16-14-35)31(39)34-27(18-24-9-11-26(40-3)12-10-24)28(36)19-25(30(38)32(2)21-42-32)17-23-7-5-4-6-8-23/h4-12,22,25,27H,13-21H2,1-3H3,(H,33,37)(H,34,39)/t22-,25+,27-,32+/m0/s1. The van der Waals surface area contributed by atoms with E-state index in [1.54, 1.807) is 33.1 Å². The van der Waals surface area contributed by atoms with Crippen LogP contribution in [0.4, 0.5) is 0 Å². The molecule has 2 aliphatic rings. The smallest absolute Gasteiger partial charge is 0.242 e. The number of morpholine rings is 1. The van der Waals surface area contributed by atoms with E-state index in [0.29, 0.717) is 45.1 Å². The molecule has 2 N–H and O–H groups in total. The summed E-state index contributed by atoms with van der Waals surface area (Å²) in [6.07, 6.45) is 0.566. The molecule has 2 aromatic carbocycles. The number of carbonyl (C=O) groups is 4. The van der Waals surface area contributed by atoms with Gasteiger partial charge in [0.1, 0.15) is 17.4 Å². The minimum absolute atomic E-state index is 0.0500. The third kappa shape index (κ3) is 8.95. The normalized spacial score (nSPS) is 20.5. The Balaban J connectivity index is 1.46. The molecule has 0 bridgehead atoms. The molecule has 2 fully saturated rings. The van der Waals surface area contributed by atoms with Crippen LogP contribution in [0.3, 0.4) is 0 Å². The van der Waals surface area contributed by atoms with E-state index in [1.165, 1.54) is 0 Å². The van der Waals surface area contributed by atoms with Gasteiger partial charge in [-0.15, -0.1) is 0 Å². The number of ether oxygens (including phenoxy) is 3. The summed E-state index contributed by atoms with van der Waals surface area (Å²) < 4.78 is 16.0. The molecule has 4 atom stereocenters. The second kappa shape index (κ2) is 14.5. The van der Waals surface area contributed by atoms with Gasteiger partial charge in [-0.25, -0.2) is 0 Å². The van der Waals surface area contributed by atoms with Crippen molar-refractivity contribution in [2.45, 2.75) is 50.8 Å². The van der Waals surface area contributed by atoms with Gasteiger partial charge in [-0.3, -0.25) is 24.1 Å². The van der Waals surface area contributed by atoms with Crippen LogP contribution in [-0.2, 0) is 41.5 Å². The zero-order valence-corrected chi connectivity index (χ0v) is 24.6. The minimum Gasteiger partial charge on any atom is -0.497 e. The van der Waals surface area contributed by atoms with Crippen molar-refractivity contribution in [1.82, 2.24) is 15.5 Å². The average molecular weight is 580 g/mol. The Morgan fingerprint density at radius 2 is 1.60 bits per heavy atom. The van der Waals surface area contributed by atoms with Gasteiger partial charge >= 0.3 is 0 Å². The average Bonchev–Trinajstić information content (AvgIpc) is 3.75. The number of rotatable bonds is 15. The molecule has 2 amide bonds. The van der Waals surface area contributed by atoms with E-state index in [1.807, 2.05) is 47.4 Å². The molecule has 4 rings (SSSR count). The number of amides is 2. The number of benzene rings is 2. The maximum absolute atomic E-state index is 13.8. The Hall–Kier alpha value is -3.60. The molecule has 0 aliphatic carbocycles. The third-order valence-corrected chi connectivity index (χ3v) is 7.79. The number of epoxide rings is 1. The monoisotopic (exact) mass is 579 g/mol. The molecule has 0 unspecified atom stereocenters. The van der Waals surface area contributed by atoms with Gasteiger partial charge in [0.25, 0.3) is 0 Å². The van der Waals surface area contributed by atoms with Gasteiger partial charge in [-0.05, 0) is 49.9 Å². The lowest BCUT2D eigenvalue weighted by Crippen LogP contribution is -2.53. The van der Waals surface area contributed by atoms with Gasteiger partial charge in [0.2, 0.25) is 11.8 Å². The van der Waals surface area contributed by atoms with Crippen LogP contribution in [0.2, 0.25) is 0 Å². The Morgan fingerprint density at radius 1 is 0.952 bits per heavy atom. The quantitative estimate of drug-likeness (QED) is 0.306. The summed E-state index contributed by atoms with van der Waals surface area (Å²) >= 11 is 0. The second-order valence-electron chi connectivity index (χ2n) is 11.2. The Bertz CT molecular complexity index is 1220. The number of methoxy groups -OCH3 is 1. The van der Waals surface area contributed by atoms with Crippen LogP contribution >= 0.6 is 0 Å². The van der Waals surface area contributed by atoms with Crippen LogP contribution in [0, 0.1) is 5.92 Å². The van der Waals surface area contributed by atoms with Crippen LogP contribution in [0.15, 0.2) is 54.6 Å². The summed E-state index contributed by atoms with van der Waals surface area (Å²) in [5.74, 6) is -1.05. The van der Waals surface area contributed by atoms with E-state index in [-0.39, 0.29) is 36.9 Å². The molecule has 2 aromatic rings.